The van der Waals surface area contributed by atoms with Gasteiger partial charge in [0.2, 0.25) is 11.8 Å². The Kier molecular flexibility index (Phi) is 5.64. The van der Waals surface area contributed by atoms with E-state index < -0.39 is 0 Å². The maximum Gasteiger partial charge on any atom is 0.242 e. The van der Waals surface area contributed by atoms with Crippen LogP contribution < -0.4 is 15.5 Å². The molecule has 2 rings (SSSR count). The van der Waals surface area contributed by atoms with Crippen molar-refractivity contribution in [2.75, 3.05) is 19.0 Å². The molecule has 23 heavy (non-hydrogen) atoms. The minimum absolute atomic E-state index is 0.0285. The number of amides is 2. The van der Waals surface area contributed by atoms with Crippen LogP contribution in [0.15, 0.2) is 18.2 Å². The second kappa shape index (κ2) is 7.49. The molecular formula is C18H27N3O2. The number of rotatable bonds is 5. The first-order chi connectivity index (χ1) is 10.9. The van der Waals surface area contributed by atoms with Gasteiger partial charge in [-0.3, -0.25) is 9.59 Å². The van der Waals surface area contributed by atoms with Crippen LogP contribution in [0.5, 0.6) is 0 Å². The number of hydrogen-bond acceptors (Lipinski definition) is 3. The molecule has 1 aliphatic rings. The maximum atomic E-state index is 12.2. The van der Waals surface area contributed by atoms with Crippen molar-refractivity contribution in [3.05, 3.63) is 29.3 Å². The van der Waals surface area contributed by atoms with Crippen LogP contribution in [-0.2, 0) is 16.0 Å². The Balaban J connectivity index is 1.92. The molecule has 2 atom stereocenters. The van der Waals surface area contributed by atoms with Crippen molar-refractivity contribution < 1.29 is 9.59 Å². The number of carbonyl (C=O) groups excluding carboxylic acids is 2. The highest BCUT2D eigenvalue weighted by Crippen LogP contribution is 2.18. The van der Waals surface area contributed by atoms with Crippen molar-refractivity contribution >= 4 is 17.5 Å². The quantitative estimate of drug-likeness (QED) is 0.870. The third-order valence-corrected chi connectivity index (χ3v) is 4.31. The van der Waals surface area contributed by atoms with E-state index in [9.17, 15) is 9.59 Å². The molecule has 1 aromatic carbocycles. The summed E-state index contributed by atoms with van der Waals surface area (Å²) in [5, 5.41) is 5.78. The molecule has 1 aliphatic heterocycles. The van der Waals surface area contributed by atoms with Gasteiger partial charge < -0.3 is 15.5 Å². The van der Waals surface area contributed by atoms with Gasteiger partial charge in [0.15, 0.2) is 0 Å². The molecule has 1 fully saturated rings. The second-order valence-electron chi connectivity index (χ2n) is 6.63. The number of benzene rings is 1. The van der Waals surface area contributed by atoms with Gasteiger partial charge in [0.1, 0.15) is 6.04 Å². The standard InChI is InChI=1S/C18H27N3O2/c1-12-10-15(21(3)4)9-8-14(12)11-13(2)19-18(23)16-6-5-7-17(22)20-16/h8-10,13,16H,5-7,11H2,1-4H3,(H,19,23)(H,20,22)/t13?,16-/m1/s1. The summed E-state index contributed by atoms with van der Waals surface area (Å²) in [6, 6.07) is 6.03. The zero-order valence-corrected chi connectivity index (χ0v) is 14.5. The van der Waals surface area contributed by atoms with Crippen LogP contribution in [0.4, 0.5) is 5.69 Å². The molecular weight excluding hydrogens is 290 g/mol. The normalized spacial score (nSPS) is 19.0. The summed E-state index contributed by atoms with van der Waals surface area (Å²) < 4.78 is 0. The molecule has 0 bridgehead atoms. The Labute approximate surface area is 138 Å². The molecule has 1 unspecified atom stereocenters. The van der Waals surface area contributed by atoms with Gasteiger partial charge in [-0.1, -0.05) is 6.07 Å². The molecule has 0 radical (unpaired) electrons. The SMILES string of the molecule is Cc1cc(N(C)C)ccc1CC(C)NC(=O)[C@H]1CCCC(=O)N1. The summed E-state index contributed by atoms with van der Waals surface area (Å²) in [7, 11) is 4.05. The van der Waals surface area contributed by atoms with Crippen molar-refractivity contribution in [3.63, 3.8) is 0 Å². The minimum atomic E-state index is -0.379. The molecule has 0 saturated carbocycles. The van der Waals surface area contributed by atoms with E-state index in [4.69, 9.17) is 0 Å². The number of piperidine rings is 1. The van der Waals surface area contributed by atoms with Crippen LogP contribution in [0.3, 0.4) is 0 Å². The second-order valence-corrected chi connectivity index (χ2v) is 6.63. The van der Waals surface area contributed by atoms with E-state index in [1.54, 1.807) is 0 Å². The first kappa shape index (κ1) is 17.3. The summed E-state index contributed by atoms with van der Waals surface area (Å²) in [6.45, 7) is 4.10. The smallest absolute Gasteiger partial charge is 0.242 e. The topological polar surface area (TPSA) is 61.4 Å². The van der Waals surface area contributed by atoms with Gasteiger partial charge in [0, 0.05) is 32.2 Å². The summed E-state index contributed by atoms with van der Waals surface area (Å²) in [5.74, 6) is -0.104. The number of anilines is 1. The molecule has 0 spiro atoms. The molecule has 5 heteroatoms. The zero-order valence-electron chi connectivity index (χ0n) is 14.5. The largest absolute Gasteiger partial charge is 0.378 e. The highest BCUT2D eigenvalue weighted by molar-refractivity contribution is 5.88. The van der Waals surface area contributed by atoms with Gasteiger partial charge in [-0.2, -0.15) is 0 Å². The lowest BCUT2D eigenvalue weighted by Gasteiger charge is -2.25. The monoisotopic (exact) mass is 317 g/mol. The average molecular weight is 317 g/mol. The lowest BCUT2D eigenvalue weighted by molar-refractivity contribution is -0.131. The molecule has 0 aliphatic carbocycles. The average Bonchev–Trinajstić information content (AvgIpc) is 2.49. The number of nitrogens with zero attached hydrogens (tertiary/aromatic N) is 1. The van der Waals surface area contributed by atoms with E-state index in [1.165, 1.54) is 16.8 Å². The summed E-state index contributed by atoms with van der Waals surface area (Å²) in [4.78, 5) is 25.7. The molecule has 2 N–H and O–H groups in total. The first-order valence-electron chi connectivity index (χ1n) is 8.23. The van der Waals surface area contributed by atoms with Gasteiger partial charge in [0.05, 0.1) is 0 Å². The lowest BCUT2D eigenvalue weighted by Crippen LogP contribution is -2.51. The molecule has 0 aromatic heterocycles. The molecule has 126 valence electrons. The van der Waals surface area contributed by atoms with E-state index in [0.29, 0.717) is 6.42 Å². The van der Waals surface area contributed by atoms with Gasteiger partial charge in [-0.25, -0.2) is 0 Å². The lowest BCUT2D eigenvalue weighted by atomic mass is 10.00. The predicted octanol–water partition coefficient (Wildman–Crippen LogP) is 1.78. The fraction of sp³-hybridized carbons (Fsp3) is 0.556. The van der Waals surface area contributed by atoms with Crippen LogP contribution in [0.1, 0.15) is 37.3 Å². The van der Waals surface area contributed by atoms with E-state index in [-0.39, 0.29) is 23.9 Å². The third kappa shape index (κ3) is 4.71. The Hall–Kier alpha value is -2.04. The van der Waals surface area contributed by atoms with Crippen LogP contribution in [0.2, 0.25) is 0 Å². The predicted molar refractivity (Wildman–Crippen MR) is 92.6 cm³/mol. The van der Waals surface area contributed by atoms with Gasteiger partial charge >= 0.3 is 0 Å². The highest BCUT2D eigenvalue weighted by atomic mass is 16.2. The molecule has 1 aromatic rings. The Morgan fingerprint density at radius 2 is 2.17 bits per heavy atom. The number of hydrogen-bond donors (Lipinski definition) is 2. The summed E-state index contributed by atoms with van der Waals surface area (Å²) in [6.07, 6.45) is 2.81. The van der Waals surface area contributed by atoms with E-state index >= 15 is 0 Å². The summed E-state index contributed by atoms with van der Waals surface area (Å²) in [5.41, 5.74) is 3.63. The van der Waals surface area contributed by atoms with Gasteiger partial charge in [-0.05, 0) is 56.4 Å². The van der Waals surface area contributed by atoms with Gasteiger partial charge in [-0.15, -0.1) is 0 Å². The number of aryl methyl sites for hydroxylation is 1. The summed E-state index contributed by atoms with van der Waals surface area (Å²) >= 11 is 0. The Bertz CT molecular complexity index is 584. The number of carbonyl (C=O) groups is 2. The third-order valence-electron chi connectivity index (χ3n) is 4.31. The fourth-order valence-electron chi connectivity index (χ4n) is 2.91. The van der Waals surface area contributed by atoms with Crippen molar-refractivity contribution in [2.24, 2.45) is 0 Å². The molecule has 1 saturated heterocycles. The van der Waals surface area contributed by atoms with Crippen LogP contribution in [0.25, 0.3) is 0 Å². The van der Waals surface area contributed by atoms with E-state index in [1.807, 2.05) is 21.0 Å². The first-order valence-corrected chi connectivity index (χ1v) is 8.23. The Morgan fingerprint density at radius 3 is 2.78 bits per heavy atom. The molecule has 2 amide bonds. The van der Waals surface area contributed by atoms with Crippen LogP contribution in [0, 0.1) is 6.92 Å². The van der Waals surface area contributed by atoms with Crippen molar-refractivity contribution in [2.45, 2.75) is 51.6 Å². The van der Waals surface area contributed by atoms with Crippen molar-refractivity contribution in [3.8, 4) is 0 Å². The zero-order chi connectivity index (χ0) is 17.0. The maximum absolute atomic E-state index is 12.2. The van der Waals surface area contributed by atoms with Gasteiger partial charge in [0.25, 0.3) is 0 Å². The van der Waals surface area contributed by atoms with E-state index in [0.717, 1.165) is 19.3 Å². The molecule has 1 heterocycles. The van der Waals surface area contributed by atoms with Crippen molar-refractivity contribution in [1.29, 1.82) is 0 Å². The van der Waals surface area contributed by atoms with Crippen LogP contribution in [-0.4, -0.2) is 38.0 Å². The fourth-order valence-corrected chi connectivity index (χ4v) is 2.91. The molecule has 5 nitrogen and oxygen atoms in total. The minimum Gasteiger partial charge on any atom is -0.378 e. The Morgan fingerprint density at radius 1 is 1.43 bits per heavy atom. The number of nitrogens with one attached hydrogen (secondary N) is 2. The van der Waals surface area contributed by atoms with Crippen molar-refractivity contribution in [1.82, 2.24) is 10.6 Å². The van der Waals surface area contributed by atoms with E-state index in [2.05, 4.69) is 40.7 Å². The highest BCUT2D eigenvalue weighted by Gasteiger charge is 2.25. The van der Waals surface area contributed by atoms with Crippen LogP contribution >= 0.6 is 0 Å².